The number of carbonyl (C=O) groups is 2. The van der Waals surface area contributed by atoms with E-state index in [0.717, 1.165) is 0 Å². The Kier molecular flexibility index (Phi) is 7.12. The molecule has 0 aliphatic heterocycles. The summed E-state index contributed by atoms with van der Waals surface area (Å²) < 4.78 is 12.6. The molecule has 2 N–H and O–H groups in total. The molecule has 0 aliphatic rings. The molecular weight excluding hydrogens is 440 g/mol. The molecular formula is C29H26N2O4. The van der Waals surface area contributed by atoms with Crippen molar-refractivity contribution < 1.29 is 19.1 Å². The van der Waals surface area contributed by atoms with E-state index in [2.05, 4.69) is 10.6 Å². The summed E-state index contributed by atoms with van der Waals surface area (Å²) in [6, 6.07) is 27.1. The standard InChI is InChI=1S/C29H26N2O4/c1-19(32)22-16-10-11-17-23(22)27(33)24-18-25(30-2)28(34-20-12-6-4-7-13-20)29(26(24)31-3)35-21-14-8-5-9-15-21/h4-18,30-31H,1-3H3. The minimum absolute atomic E-state index is 0.182. The van der Waals surface area contributed by atoms with Gasteiger partial charge in [0.15, 0.2) is 23.1 Å². The molecule has 6 heteroatoms. The molecule has 0 heterocycles. The molecule has 176 valence electrons. The Bertz CT molecular complexity index is 1350. The highest BCUT2D eigenvalue weighted by Gasteiger charge is 2.27. The minimum Gasteiger partial charge on any atom is -0.451 e. The maximum absolute atomic E-state index is 13.8. The molecule has 0 aliphatic carbocycles. The van der Waals surface area contributed by atoms with E-state index < -0.39 is 0 Å². The van der Waals surface area contributed by atoms with Crippen LogP contribution in [0, 0.1) is 0 Å². The molecule has 0 radical (unpaired) electrons. The summed E-state index contributed by atoms with van der Waals surface area (Å²) in [7, 11) is 3.46. The van der Waals surface area contributed by atoms with Crippen LogP contribution in [0.25, 0.3) is 0 Å². The molecule has 0 atom stereocenters. The van der Waals surface area contributed by atoms with Crippen molar-refractivity contribution in [1.29, 1.82) is 0 Å². The van der Waals surface area contributed by atoms with Gasteiger partial charge in [-0.2, -0.15) is 0 Å². The van der Waals surface area contributed by atoms with Crippen molar-refractivity contribution in [3.63, 3.8) is 0 Å². The smallest absolute Gasteiger partial charge is 0.196 e. The lowest BCUT2D eigenvalue weighted by Gasteiger charge is -2.22. The Balaban J connectivity index is 1.94. The van der Waals surface area contributed by atoms with E-state index in [1.165, 1.54) is 6.92 Å². The lowest BCUT2D eigenvalue weighted by atomic mass is 9.94. The number of para-hydroxylation sites is 2. The summed E-state index contributed by atoms with van der Waals surface area (Å²) in [5.41, 5.74) is 2.03. The molecule has 4 aromatic rings. The Morgan fingerprint density at radius 2 is 1.14 bits per heavy atom. The fraction of sp³-hybridized carbons (Fsp3) is 0.103. The van der Waals surface area contributed by atoms with Crippen molar-refractivity contribution in [2.24, 2.45) is 0 Å². The summed E-state index contributed by atoms with van der Waals surface area (Å²) in [6.45, 7) is 1.45. The number of rotatable bonds is 9. The highest BCUT2D eigenvalue weighted by molar-refractivity contribution is 6.18. The van der Waals surface area contributed by atoms with Gasteiger partial charge >= 0.3 is 0 Å². The van der Waals surface area contributed by atoms with Crippen LogP contribution in [-0.2, 0) is 0 Å². The lowest BCUT2D eigenvalue weighted by Crippen LogP contribution is -2.12. The highest BCUT2D eigenvalue weighted by Crippen LogP contribution is 2.48. The molecule has 4 aromatic carbocycles. The fourth-order valence-corrected chi connectivity index (χ4v) is 3.80. The van der Waals surface area contributed by atoms with E-state index in [1.807, 2.05) is 60.7 Å². The molecule has 0 bridgehead atoms. The molecule has 4 rings (SSSR count). The largest absolute Gasteiger partial charge is 0.451 e. The highest BCUT2D eigenvalue weighted by atomic mass is 16.5. The van der Waals surface area contributed by atoms with E-state index >= 15 is 0 Å². The van der Waals surface area contributed by atoms with Gasteiger partial charge in [0.25, 0.3) is 0 Å². The topological polar surface area (TPSA) is 76.7 Å². The van der Waals surface area contributed by atoms with Crippen LogP contribution >= 0.6 is 0 Å². The quantitative estimate of drug-likeness (QED) is 0.265. The van der Waals surface area contributed by atoms with E-state index in [-0.39, 0.29) is 11.6 Å². The number of ketones is 2. The molecule has 0 amide bonds. The van der Waals surface area contributed by atoms with E-state index in [1.54, 1.807) is 44.4 Å². The third-order valence-corrected chi connectivity index (χ3v) is 5.48. The second kappa shape index (κ2) is 10.6. The molecule has 0 saturated heterocycles. The number of benzene rings is 4. The summed E-state index contributed by atoms with van der Waals surface area (Å²) >= 11 is 0. The van der Waals surface area contributed by atoms with Gasteiger partial charge in [-0.25, -0.2) is 0 Å². The van der Waals surface area contributed by atoms with Gasteiger partial charge in [-0.3, -0.25) is 9.59 Å². The first-order valence-corrected chi connectivity index (χ1v) is 11.2. The Morgan fingerprint density at radius 3 is 1.66 bits per heavy atom. The predicted molar refractivity (Wildman–Crippen MR) is 138 cm³/mol. The van der Waals surface area contributed by atoms with Crippen LogP contribution in [0.1, 0.15) is 33.2 Å². The second-order valence-electron chi connectivity index (χ2n) is 7.77. The molecule has 35 heavy (non-hydrogen) atoms. The Labute approximate surface area is 204 Å². The van der Waals surface area contributed by atoms with Gasteiger partial charge in [0.2, 0.25) is 0 Å². The molecule has 0 fully saturated rings. The van der Waals surface area contributed by atoms with Gasteiger partial charge in [0.1, 0.15) is 11.5 Å². The third kappa shape index (κ3) is 5.01. The zero-order valence-electron chi connectivity index (χ0n) is 19.8. The average molecular weight is 467 g/mol. The fourth-order valence-electron chi connectivity index (χ4n) is 3.80. The molecule has 0 aromatic heterocycles. The zero-order chi connectivity index (χ0) is 24.8. The number of Topliss-reactive ketones (excluding diaryl/α,β-unsaturated/α-hetero) is 1. The van der Waals surface area contributed by atoms with Gasteiger partial charge in [-0.15, -0.1) is 0 Å². The summed E-state index contributed by atoms with van der Waals surface area (Å²) in [4.78, 5) is 26.0. The molecule has 6 nitrogen and oxygen atoms in total. The lowest BCUT2D eigenvalue weighted by molar-refractivity contribution is 0.0990. The third-order valence-electron chi connectivity index (χ3n) is 5.48. The van der Waals surface area contributed by atoms with Crippen molar-refractivity contribution >= 4 is 22.9 Å². The Morgan fingerprint density at radius 1 is 0.629 bits per heavy atom. The molecule has 0 saturated carbocycles. The van der Waals surface area contributed by atoms with E-state index in [4.69, 9.17) is 9.47 Å². The van der Waals surface area contributed by atoms with Crippen LogP contribution < -0.4 is 20.1 Å². The Hall–Kier alpha value is -4.58. The number of carbonyl (C=O) groups excluding carboxylic acids is 2. The van der Waals surface area contributed by atoms with Crippen molar-refractivity contribution in [3.05, 3.63) is 108 Å². The van der Waals surface area contributed by atoms with Crippen LogP contribution in [0.15, 0.2) is 91.0 Å². The van der Waals surface area contributed by atoms with Crippen LogP contribution in [0.3, 0.4) is 0 Å². The first-order valence-electron chi connectivity index (χ1n) is 11.2. The number of ether oxygens (including phenoxy) is 2. The monoisotopic (exact) mass is 466 g/mol. The first-order chi connectivity index (χ1) is 17.0. The molecule has 0 unspecified atom stereocenters. The van der Waals surface area contributed by atoms with E-state index in [0.29, 0.717) is 51.1 Å². The normalized spacial score (nSPS) is 10.4. The first kappa shape index (κ1) is 23.6. The van der Waals surface area contributed by atoms with Crippen molar-refractivity contribution in [2.75, 3.05) is 24.7 Å². The van der Waals surface area contributed by atoms with Gasteiger partial charge in [-0.05, 0) is 37.3 Å². The van der Waals surface area contributed by atoms with Gasteiger partial charge in [0, 0.05) is 25.2 Å². The van der Waals surface area contributed by atoms with Gasteiger partial charge < -0.3 is 20.1 Å². The maximum atomic E-state index is 13.8. The number of nitrogens with one attached hydrogen (secondary N) is 2. The van der Waals surface area contributed by atoms with Crippen LogP contribution in [0.2, 0.25) is 0 Å². The molecule has 0 spiro atoms. The van der Waals surface area contributed by atoms with Gasteiger partial charge in [-0.1, -0.05) is 60.7 Å². The number of hydrogen-bond donors (Lipinski definition) is 2. The predicted octanol–water partition coefficient (Wildman–Crippen LogP) is 6.79. The summed E-state index contributed by atoms with van der Waals surface area (Å²) in [5, 5.41) is 6.25. The van der Waals surface area contributed by atoms with Crippen molar-refractivity contribution in [2.45, 2.75) is 6.92 Å². The van der Waals surface area contributed by atoms with Crippen LogP contribution in [-0.4, -0.2) is 25.7 Å². The second-order valence-corrected chi connectivity index (χ2v) is 7.77. The number of hydrogen-bond acceptors (Lipinski definition) is 6. The van der Waals surface area contributed by atoms with Gasteiger partial charge in [0.05, 0.1) is 16.9 Å². The number of anilines is 2. The van der Waals surface area contributed by atoms with Crippen LogP contribution in [0.4, 0.5) is 11.4 Å². The SMILES string of the molecule is CNc1cc(C(=O)c2ccccc2C(C)=O)c(NC)c(Oc2ccccc2)c1Oc1ccccc1. The minimum atomic E-state index is -0.305. The van der Waals surface area contributed by atoms with Crippen molar-refractivity contribution in [1.82, 2.24) is 0 Å². The van der Waals surface area contributed by atoms with Crippen molar-refractivity contribution in [3.8, 4) is 23.0 Å². The maximum Gasteiger partial charge on any atom is 0.196 e. The van der Waals surface area contributed by atoms with E-state index in [9.17, 15) is 9.59 Å². The average Bonchev–Trinajstić information content (AvgIpc) is 2.90. The summed E-state index contributed by atoms with van der Waals surface area (Å²) in [5.74, 6) is 1.48. The van der Waals surface area contributed by atoms with Crippen LogP contribution in [0.5, 0.6) is 23.0 Å². The summed E-state index contributed by atoms with van der Waals surface area (Å²) in [6.07, 6.45) is 0. The zero-order valence-corrected chi connectivity index (χ0v) is 19.8.